The molecule has 2 aromatic carbocycles. The van der Waals surface area contributed by atoms with Crippen molar-refractivity contribution in [3.05, 3.63) is 65.2 Å². The maximum Gasteiger partial charge on any atom is 0.215 e. The fraction of sp³-hybridized carbons (Fsp3) is 0.368. The molecule has 144 valence electrons. The smallest absolute Gasteiger partial charge is 0.215 e. The van der Waals surface area contributed by atoms with E-state index in [2.05, 4.69) is 18.6 Å². The van der Waals surface area contributed by atoms with Crippen LogP contribution in [0.5, 0.6) is 5.75 Å². The van der Waals surface area contributed by atoms with E-state index in [0.29, 0.717) is 17.2 Å². The molecule has 5 nitrogen and oxygen atoms in total. The lowest BCUT2D eigenvalue weighted by atomic mass is 9.99. The molecule has 1 unspecified atom stereocenters. The van der Waals surface area contributed by atoms with Gasteiger partial charge in [0.15, 0.2) is 0 Å². The Labute approximate surface area is 162 Å². The summed E-state index contributed by atoms with van der Waals surface area (Å²) in [6.07, 6.45) is 0. The third kappa shape index (κ3) is 6.61. The van der Waals surface area contributed by atoms with E-state index in [1.807, 2.05) is 24.3 Å². The third-order valence-corrected chi connectivity index (χ3v) is 5.37. The number of benzene rings is 2. The van der Waals surface area contributed by atoms with Crippen LogP contribution >= 0.6 is 12.4 Å². The molecule has 0 aliphatic rings. The minimum atomic E-state index is -3.47. The van der Waals surface area contributed by atoms with Crippen LogP contribution in [0.1, 0.15) is 42.5 Å². The molecule has 7 heteroatoms. The molecule has 0 aromatic heterocycles. The molecule has 1 atom stereocenters. The lowest BCUT2D eigenvalue weighted by molar-refractivity contribution is 0.414. The predicted molar refractivity (Wildman–Crippen MR) is 108 cm³/mol. The highest BCUT2D eigenvalue weighted by molar-refractivity contribution is 7.88. The zero-order chi connectivity index (χ0) is 18.4. The van der Waals surface area contributed by atoms with E-state index >= 15 is 0 Å². The van der Waals surface area contributed by atoms with Crippen LogP contribution in [0.25, 0.3) is 0 Å². The predicted octanol–water partition coefficient (Wildman–Crippen LogP) is 3.36. The summed E-state index contributed by atoms with van der Waals surface area (Å²) in [6, 6.07) is 14.6. The summed E-state index contributed by atoms with van der Waals surface area (Å²) in [4.78, 5) is 0. The van der Waals surface area contributed by atoms with Crippen LogP contribution in [-0.2, 0) is 15.8 Å². The largest absolute Gasteiger partial charge is 0.497 e. The van der Waals surface area contributed by atoms with Crippen LogP contribution in [0, 0.1) is 0 Å². The number of nitrogens with one attached hydrogen (secondary N) is 1. The van der Waals surface area contributed by atoms with Crippen molar-refractivity contribution in [3.8, 4) is 5.75 Å². The highest BCUT2D eigenvalue weighted by Crippen LogP contribution is 2.18. The highest BCUT2D eigenvalue weighted by atomic mass is 35.5. The van der Waals surface area contributed by atoms with Gasteiger partial charge in [0.05, 0.1) is 12.9 Å². The Hall–Kier alpha value is -1.60. The van der Waals surface area contributed by atoms with Crippen molar-refractivity contribution in [2.75, 3.05) is 13.7 Å². The van der Waals surface area contributed by atoms with E-state index in [1.54, 1.807) is 31.4 Å². The molecule has 0 aliphatic carbocycles. The summed E-state index contributed by atoms with van der Waals surface area (Å²) in [5, 5.41) is 0. The Morgan fingerprint density at radius 1 is 1.08 bits per heavy atom. The standard InChI is InChI=1S/C19H26N2O3S.ClH/c1-14(2)16-7-9-17(10-8-16)19(20)12-21-25(22,23)13-15-5-4-6-18(11-15)24-3;/h4-11,14,19,21H,12-13,20H2,1-3H3;1H. The summed E-state index contributed by atoms with van der Waals surface area (Å²) >= 11 is 0. The second-order valence-corrected chi connectivity index (χ2v) is 8.19. The van der Waals surface area contributed by atoms with Gasteiger partial charge in [0.1, 0.15) is 5.75 Å². The molecule has 0 heterocycles. The van der Waals surface area contributed by atoms with Gasteiger partial charge in [-0.3, -0.25) is 0 Å². The summed E-state index contributed by atoms with van der Waals surface area (Å²) in [5.74, 6) is 0.977. The van der Waals surface area contributed by atoms with Crippen LogP contribution in [0.3, 0.4) is 0 Å². The van der Waals surface area contributed by atoms with Crippen LogP contribution in [0.4, 0.5) is 0 Å². The number of methoxy groups -OCH3 is 1. The average molecular weight is 399 g/mol. The minimum absolute atomic E-state index is 0. The molecule has 0 spiro atoms. The molecule has 2 rings (SSSR count). The molecule has 26 heavy (non-hydrogen) atoms. The molecule has 3 N–H and O–H groups in total. The lowest BCUT2D eigenvalue weighted by Gasteiger charge is -2.15. The monoisotopic (exact) mass is 398 g/mol. The molecular formula is C19H27ClN2O3S. The van der Waals surface area contributed by atoms with E-state index in [-0.39, 0.29) is 30.7 Å². The normalized spacial score (nSPS) is 12.5. The first kappa shape index (κ1) is 22.4. The summed E-state index contributed by atoms with van der Waals surface area (Å²) in [5.41, 5.74) is 8.93. The van der Waals surface area contributed by atoms with Crippen molar-refractivity contribution in [2.24, 2.45) is 5.73 Å². The fourth-order valence-electron chi connectivity index (χ4n) is 2.50. The number of ether oxygens (including phenoxy) is 1. The first-order valence-electron chi connectivity index (χ1n) is 8.26. The van der Waals surface area contributed by atoms with Gasteiger partial charge in [-0.05, 0) is 34.7 Å². The molecule has 2 aromatic rings. The van der Waals surface area contributed by atoms with Gasteiger partial charge in [-0.2, -0.15) is 0 Å². The van der Waals surface area contributed by atoms with Crippen LogP contribution in [0.15, 0.2) is 48.5 Å². The van der Waals surface area contributed by atoms with Gasteiger partial charge in [0, 0.05) is 12.6 Å². The van der Waals surface area contributed by atoms with Crippen LogP contribution in [-0.4, -0.2) is 22.1 Å². The van der Waals surface area contributed by atoms with Crippen LogP contribution in [0.2, 0.25) is 0 Å². The van der Waals surface area contributed by atoms with E-state index in [4.69, 9.17) is 10.5 Å². The highest BCUT2D eigenvalue weighted by Gasteiger charge is 2.15. The third-order valence-electron chi connectivity index (χ3n) is 4.05. The Bertz CT molecular complexity index is 793. The van der Waals surface area contributed by atoms with Crippen molar-refractivity contribution < 1.29 is 13.2 Å². The minimum Gasteiger partial charge on any atom is -0.497 e. The Morgan fingerprint density at radius 2 is 1.69 bits per heavy atom. The number of halogens is 1. The van der Waals surface area contributed by atoms with E-state index in [9.17, 15) is 8.42 Å². The molecule has 0 fully saturated rings. The van der Waals surface area contributed by atoms with E-state index in [0.717, 1.165) is 5.56 Å². The zero-order valence-corrected chi connectivity index (χ0v) is 16.9. The first-order valence-corrected chi connectivity index (χ1v) is 9.91. The number of sulfonamides is 1. The Balaban J connectivity index is 0.00000338. The van der Waals surface area contributed by atoms with Gasteiger partial charge < -0.3 is 10.5 Å². The molecule has 0 radical (unpaired) electrons. The van der Waals surface area contributed by atoms with Gasteiger partial charge >= 0.3 is 0 Å². The van der Waals surface area contributed by atoms with Crippen molar-refractivity contribution in [3.63, 3.8) is 0 Å². The number of hydrogen-bond acceptors (Lipinski definition) is 4. The molecule has 0 bridgehead atoms. The topological polar surface area (TPSA) is 81.4 Å². The van der Waals surface area contributed by atoms with Crippen molar-refractivity contribution in [1.29, 1.82) is 0 Å². The van der Waals surface area contributed by atoms with Crippen molar-refractivity contribution in [1.82, 2.24) is 4.72 Å². The molecule has 0 saturated carbocycles. The van der Waals surface area contributed by atoms with Crippen molar-refractivity contribution in [2.45, 2.75) is 31.6 Å². The second-order valence-electron chi connectivity index (χ2n) is 6.39. The van der Waals surface area contributed by atoms with Gasteiger partial charge in [-0.25, -0.2) is 13.1 Å². The van der Waals surface area contributed by atoms with Gasteiger partial charge in [0.2, 0.25) is 10.0 Å². The first-order chi connectivity index (χ1) is 11.8. The van der Waals surface area contributed by atoms with Gasteiger partial charge in [-0.15, -0.1) is 12.4 Å². The molecule has 0 amide bonds. The number of rotatable bonds is 8. The zero-order valence-electron chi connectivity index (χ0n) is 15.3. The van der Waals surface area contributed by atoms with Gasteiger partial charge in [-0.1, -0.05) is 50.2 Å². The summed E-state index contributed by atoms with van der Waals surface area (Å²) in [7, 11) is -1.92. The summed E-state index contributed by atoms with van der Waals surface area (Å²) in [6.45, 7) is 4.41. The maximum absolute atomic E-state index is 12.3. The van der Waals surface area contributed by atoms with Gasteiger partial charge in [0.25, 0.3) is 0 Å². The summed E-state index contributed by atoms with van der Waals surface area (Å²) < 4.78 is 32.2. The number of nitrogens with two attached hydrogens (primary N) is 1. The lowest BCUT2D eigenvalue weighted by Crippen LogP contribution is -2.32. The van der Waals surface area contributed by atoms with Crippen LogP contribution < -0.4 is 15.2 Å². The average Bonchev–Trinajstić information content (AvgIpc) is 2.59. The van der Waals surface area contributed by atoms with E-state index in [1.165, 1.54) is 5.56 Å². The van der Waals surface area contributed by atoms with E-state index < -0.39 is 10.0 Å². The second kappa shape index (κ2) is 9.92. The molecule has 0 aliphatic heterocycles. The van der Waals surface area contributed by atoms with Crippen molar-refractivity contribution >= 4 is 22.4 Å². The Morgan fingerprint density at radius 3 is 2.27 bits per heavy atom. The quantitative estimate of drug-likeness (QED) is 0.714. The molecule has 0 saturated heterocycles. The fourth-order valence-corrected chi connectivity index (χ4v) is 3.65. The molecular weight excluding hydrogens is 372 g/mol. The maximum atomic E-state index is 12.3. The Kier molecular flexibility index (Phi) is 8.56. The number of hydrogen-bond donors (Lipinski definition) is 2. The SMILES string of the molecule is COc1cccc(CS(=O)(=O)NCC(N)c2ccc(C(C)C)cc2)c1.Cl.